The van der Waals surface area contributed by atoms with Crippen LogP contribution in [0.4, 0.5) is 5.95 Å². The van der Waals surface area contributed by atoms with Crippen molar-refractivity contribution in [3.05, 3.63) is 30.0 Å². The first-order valence-corrected chi connectivity index (χ1v) is 7.45. The van der Waals surface area contributed by atoms with Gasteiger partial charge in [-0.05, 0) is 44.6 Å². The van der Waals surface area contributed by atoms with E-state index in [-0.39, 0.29) is 0 Å². The zero-order valence-electron chi connectivity index (χ0n) is 12.0. The molecule has 0 atom stereocenters. The van der Waals surface area contributed by atoms with Crippen molar-refractivity contribution in [1.29, 1.82) is 0 Å². The summed E-state index contributed by atoms with van der Waals surface area (Å²) in [6.07, 6.45) is 4.70. The quantitative estimate of drug-likeness (QED) is 0.900. The van der Waals surface area contributed by atoms with Gasteiger partial charge in [0.05, 0.1) is 11.2 Å². The van der Waals surface area contributed by atoms with E-state index in [9.17, 15) is 0 Å². The molecule has 0 radical (unpaired) electrons. The van der Waals surface area contributed by atoms with Gasteiger partial charge < -0.3 is 11.1 Å². The van der Waals surface area contributed by atoms with Crippen molar-refractivity contribution in [2.75, 3.05) is 11.9 Å². The standard InChI is InChI=1S/C16H22N4/c1-11-14-4-2-3-5-15(14)20-16(19-11)18-10-12-6-8-13(17)9-7-12/h2-5,12-13H,6-10,17H2,1H3,(H,18,19,20)/t12-,13-. The largest absolute Gasteiger partial charge is 0.354 e. The van der Waals surface area contributed by atoms with Gasteiger partial charge in [-0.2, -0.15) is 0 Å². The molecule has 1 saturated carbocycles. The van der Waals surface area contributed by atoms with Crippen LogP contribution in [0.2, 0.25) is 0 Å². The lowest BCUT2D eigenvalue weighted by Crippen LogP contribution is -2.29. The first-order chi connectivity index (χ1) is 9.72. The highest BCUT2D eigenvalue weighted by Gasteiger charge is 2.18. The van der Waals surface area contributed by atoms with Crippen LogP contribution in [0.3, 0.4) is 0 Å². The maximum Gasteiger partial charge on any atom is 0.223 e. The third-order valence-electron chi connectivity index (χ3n) is 4.23. The van der Waals surface area contributed by atoms with Gasteiger partial charge in [-0.3, -0.25) is 0 Å². The number of hydrogen-bond acceptors (Lipinski definition) is 4. The summed E-state index contributed by atoms with van der Waals surface area (Å²) in [6, 6.07) is 8.55. The van der Waals surface area contributed by atoms with Crippen LogP contribution in [0, 0.1) is 12.8 Å². The summed E-state index contributed by atoms with van der Waals surface area (Å²) in [5.74, 6) is 1.45. The Morgan fingerprint density at radius 1 is 1.15 bits per heavy atom. The molecule has 3 N–H and O–H groups in total. The van der Waals surface area contributed by atoms with Crippen molar-refractivity contribution in [2.24, 2.45) is 11.7 Å². The summed E-state index contributed by atoms with van der Waals surface area (Å²) >= 11 is 0. The van der Waals surface area contributed by atoms with Crippen molar-refractivity contribution in [2.45, 2.75) is 38.6 Å². The van der Waals surface area contributed by atoms with Gasteiger partial charge in [-0.1, -0.05) is 18.2 Å². The first-order valence-electron chi connectivity index (χ1n) is 7.45. The number of nitrogens with one attached hydrogen (secondary N) is 1. The van der Waals surface area contributed by atoms with Crippen molar-refractivity contribution in [1.82, 2.24) is 9.97 Å². The van der Waals surface area contributed by atoms with Crippen molar-refractivity contribution >= 4 is 16.9 Å². The molecule has 1 aromatic carbocycles. The monoisotopic (exact) mass is 270 g/mol. The number of aromatic nitrogens is 2. The summed E-state index contributed by atoms with van der Waals surface area (Å²) in [4.78, 5) is 9.14. The minimum atomic E-state index is 0.408. The Morgan fingerprint density at radius 3 is 2.70 bits per heavy atom. The fraction of sp³-hybridized carbons (Fsp3) is 0.500. The third kappa shape index (κ3) is 2.90. The highest BCUT2D eigenvalue weighted by atomic mass is 15.1. The topological polar surface area (TPSA) is 63.8 Å². The highest BCUT2D eigenvalue weighted by Crippen LogP contribution is 2.23. The molecule has 0 spiro atoms. The van der Waals surface area contributed by atoms with Crippen LogP contribution in [0.5, 0.6) is 0 Å². The van der Waals surface area contributed by atoms with Crippen molar-refractivity contribution in [3.8, 4) is 0 Å². The molecule has 106 valence electrons. The van der Waals surface area contributed by atoms with Gasteiger partial charge >= 0.3 is 0 Å². The minimum absolute atomic E-state index is 0.408. The molecule has 4 nitrogen and oxygen atoms in total. The summed E-state index contributed by atoms with van der Waals surface area (Å²) in [6.45, 7) is 2.99. The summed E-state index contributed by atoms with van der Waals surface area (Å²) < 4.78 is 0. The minimum Gasteiger partial charge on any atom is -0.354 e. The lowest BCUT2D eigenvalue weighted by atomic mass is 9.86. The number of hydrogen-bond donors (Lipinski definition) is 2. The molecule has 3 rings (SSSR count). The summed E-state index contributed by atoms with van der Waals surface area (Å²) in [7, 11) is 0. The number of nitrogens with zero attached hydrogens (tertiary/aromatic N) is 2. The molecule has 1 heterocycles. The second-order valence-electron chi connectivity index (χ2n) is 5.81. The van der Waals surface area contributed by atoms with E-state index in [1.54, 1.807) is 0 Å². The van der Waals surface area contributed by atoms with Gasteiger partial charge in [0.15, 0.2) is 0 Å². The Labute approximate surface area is 119 Å². The third-order valence-corrected chi connectivity index (χ3v) is 4.23. The Bertz CT molecular complexity index is 588. The van der Waals surface area contributed by atoms with E-state index in [0.717, 1.165) is 41.9 Å². The van der Waals surface area contributed by atoms with E-state index in [4.69, 9.17) is 5.73 Å². The zero-order valence-corrected chi connectivity index (χ0v) is 12.0. The molecule has 4 heteroatoms. The summed E-state index contributed by atoms with van der Waals surface area (Å²) in [5.41, 5.74) is 7.98. The van der Waals surface area contributed by atoms with Crippen LogP contribution in [0.1, 0.15) is 31.4 Å². The van der Waals surface area contributed by atoms with Gasteiger partial charge in [0.2, 0.25) is 5.95 Å². The van der Waals surface area contributed by atoms with E-state index < -0.39 is 0 Å². The fourth-order valence-electron chi connectivity index (χ4n) is 2.94. The molecule has 1 aliphatic carbocycles. The molecular weight excluding hydrogens is 248 g/mol. The lowest BCUT2D eigenvalue weighted by molar-refractivity contribution is 0.338. The molecular formula is C16H22N4. The van der Waals surface area contributed by atoms with Crippen LogP contribution in [0.15, 0.2) is 24.3 Å². The number of aryl methyl sites for hydroxylation is 1. The number of anilines is 1. The van der Waals surface area contributed by atoms with Crippen LogP contribution < -0.4 is 11.1 Å². The molecule has 0 saturated heterocycles. The SMILES string of the molecule is Cc1nc(NC[C@H]2CC[C@H](N)CC2)nc2ccccc12. The predicted octanol–water partition coefficient (Wildman–Crippen LogP) is 2.87. The van der Waals surface area contributed by atoms with Gasteiger partial charge in [-0.15, -0.1) is 0 Å². The molecule has 0 aliphatic heterocycles. The second-order valence-corrected chi connectivity index (χ2v) is 5.81. The van der Waals surface area contributed by atoms with Gasteiger partial charge in [-0.25, -0.2) is 9.97 Å². The van der Waals surface area contributed by atoms with E-state index >= 15 is 0 Å². The van der Waals surface area contributed by atoms with E-state index in [1.165, 1.54) is 12.8 Å². The fourth-order valence-corrected chi connectivity index (χ4v) is 2.94. The Hall–Kier alpha value is -1.68. The summed E-state index contributed by atoms with van der Waals surface area (Å²) in [5, 5.41) is 4.53. The normalized spacial score (nSPS) is 22.9. The maximum atomic E-state index is 5.94. The Kier molecular flexibility index (Phi) is 3.83. The average Bonchev–Trinajstić information content (AvgIpc) is 2.47. The van der Waals surface area contributed by atoms with E-state index in [0.29, 0.717) is 12.0 Å². The smallest absolute Gasteiger partial charge is 0.223 e. The first kappa shape index (κ1) is 13.3. The zero-order chi connectivity index (χ0) is 13.9. The number of nitrogens with two attached hydrogens (primary N) is 1. The average molecular weight is 270 g/mol. The number of benzene rings is 1. The highest BCUT2D eigenvalue weighted by molar-refractivity contribution is 5.81. The van der Waals surface area contributed by atoms with Crippen LogP contribution in [0.25, 0.3) is 10.9 Å². The molecule has 1 aliphatic rings. The van der Waals surface area contributed by atoms with Crippen LogP contribution >= 0.6 is 0 Å². The number of fused-ring (bicyclic) bond motifs is 1. The predicted molar refractivity (Wildman–Crippen MR) is 82.7 cm³/mol. The van der Waals surface area contributed by atoms with Crippen molar-refractivity contribution < 1.29 is 0 Å². The van der Waals surface area contributed by atoms with Crippen molar-refractivity contribution in [3.63, 3.8) is 0 Å². The van der Waals surface area contributed by atoms with E-state index in [1.807, 2.05) is 25.1 Å². The maximum absolute atomic E-state index is 5.94. The number of rotatable bonds is 3. The molecule has 20 heavy (non-hydrogen) atoms. The van der Waals surface area contributed by atoms with Crippen LogP contribution in [-0.2, 0) is 0 Å². The molecule has 1 aromatic heterocycles. The second kappa shape index (κ2) is 5.75. The Morgan fingerprint density at radius 2 is 1.90 bits per heavy atom. The molecule has 2 aromatic rings. The van der Waals surface area contributed by atoms with Gasteiger partial charge in [0, 0.05) is 18.0 Å². The van der Waals surface area contributed by atoms with Gasteiger partial charge in [0.25, 0.3) is 0 Å². The lowest BCUT2D eigenvalue weighted by Gasteiger charge is -2.26. The molecule has 0 unspecified atom stereocenters. The van der Waals surface area contributed by atoms with Gasteiger partial charge in [0.1, 0.15) is 0 Å². The molecule has 0 bridgehead atoms. The molecule has 0 amide bonds. The Balaban J connectivity index is 1.68. The molecule has 1 fully saturated rings. The van der Waals surface area contributed by atoms with E-state index in [2.05, 4.69) is 21.4 Å². The van der Waals surface area contributed by atoms with Crippen LogP contribution in [-0.4, -0.2) is 22.6 Å². The number of para-hydroxylation sites is 1.